The van der Waals surface area contributed by atoms with Gasteiger partial charge in [-0.3, -0.25) is 4.79 Å². The number of amides is 3. The fourth-order valence-corrected chi connectivity index (χ4v) is 2.65. The number of hydrogen-bond donors (Lipinski definition) is 2. The first-order valence-electron chi connectivity index (χ1n) is 9.60. The minimum absolute atomic E-state index is 0.0887. The number of likely N-dealkylation sites (N-methyl/N-ethyl adjacent to an activating group) is 1. The first kappa shape index (κ1) is 23.5. The first-order valence-corrected chi connectivity index (χ1v) is 9.60. The number of nitrogens with one attached hydrogen (secondary N) is 2. The number of nitrogens with zero attached hydrogens (tertiary/aromatic N) is 1. The monoisotopic (exact) mass is 391 g/mol. The Morgan fingerprint density at radius 3 is 2.11 bits per heavy atom. The van der Waals surface area contributed by atoms with E-state index in [0.29, 0.717) is 6.42 Å². The van der Waals surface area contributed by atoms with E-state index in [1.54, 1.807) is 14.1 Å². The van der Waals surface area contributed by atoms with Crippen LogP contribution in [0.25, 0.3) is 0 Å². The zero-order chi connectivity index (χ0) is 21.3. The molecule has 0 spiro atoms. The molecule has 0 radical (unpaired) electrons. The van der Waals surface area contributed by atoms with Gasteiger partial charge < -0.3 is 20.3 Å². The number of urea groups is 1. The maximum atomic E-state index is 12.5. The van der Waals surface area contributed by atoms with Gasteiger partial charge in [0.1, 0.15) is 18.7 Å². The molecule has 3 amide bonds. The van der Waals surface area contributed by atoms with Crippen molar-refractivity contribution in [2.24, 2.45) is 11.8 Å². The predicted molar refractivity (Wildman–Crippen MR) is 108 cm³/mol. The normalized spacial score (nSPS) is 13.0. The van der Waals surface area contributed by atoms with Crippen molar-refractivity contribution in [3.8, 4) is 0 Å². The lowest BCUT2D eigenvalue weighted by Gasteiger charge is -2.26. The van der Waals surface area contributed by atoms with E-state index < -0.39 is 24.1 Å². The molecule has 0 unspecified atom stereocenters. The summed E-state index contributed by atoms with van der Waals surface area (Å²) in [5.41, 5.74) is 0.875. The molecule has 0 aliphatic carbocycles. The van der Waals surface area contributed by atoms with Crippen LogP contribution < -0.4 is 10.6 Å². The Morgan fingerprint density at radius 1 is 1.00 bits per heavy atom. The molecule has 7 nitrogen and oxygen atoms in total. The van der Waals surface area contributed by atoms with Crippen molar-refractivity contribution in [3.05, 3.63) is 35.9 Å². The summed E-state index contributed by atoms with van der Waals surface area (Å²) in [5.74, 6) is -0.599. The third kappa shape index (κ3) is 7.98. The van der Waals surface area contributed by atoms with Crippen LogP contribution in [0.5, 0.6) is 0 Å². The SMILES string of the molecule is CC(C)C[C@H](NC(=O)N[C@H](C(=O)N(C)C)C(C)C)C(=O)OCc1ccccc1. The van der Waals surface area contributed by atoms with E-state index in [1.807, 2.05) is 58.0 Å². The lowest BCUT2D eigenvalue weighted by molar-refractivity contribution is -0.147. The van der Waals surface area contributed by atoms with Crippen molar-refractivity contribution >= 4 is 17.9 Å². The van der Waals surface area contributed by atoms with Crippen LogP contribution in [-0.4, -0.2) is 49.0 Å². The highest BCUT2D eigenvalue weighted by atomic mass is 16.5. The molecule has 156 valence electrons. The van der Waals surface area contributed by atoms with E-state index in [9.17, 15) is 14.4 Å². The molecule has 0 bridgehead atoms. The van der Waals surface area contributed by atoms with Crippen LogP contribution in [0.4, 0.5) is 4.79 Å². The Morgan fingerprint density at radius 2 is 1.61 bits per heavy atom. The molecule has 1 rings (SSSR count). The molecule has 2 N–H and O–H groups in total. The van der Waals surface area contributed by atoms with Gasteiger partial charge in [0.25, 0.3) is 0 Å². The first-order chi connectivity index (χ1) is 13.1. The van der Waals surface area contributed by atoms with E-state index in [0.717, 1.165) is 5.56 Å². The Kier molecular flexibility index (Phi) is 9.48. The van der Waals surface area contributed by atoms with Crippen molar-refractivity contribution in [3.63, 3.8) is 0 Å². The minimum atomic E-state index is -0.786. The highest BCUT2D eigenvalue weighted by Crippen LogP contribution is 2.10. The van der Waals surface area contributed by atoms with Gasteiger partial charge in [0.05, 0.1) is 0 Å². The number of rotatable bonds is 9. The smallest absolute Gasteiger partial charge is 0.329 e. The van der Waals surface area contributed by atoms with Gasteiger partial charge in [-0.15, -0.1) is 0 Å². The number of esters is 1. The molecule has 1 aromatic rings. The second-order valence-electron chi connectivity index (χ2n) is 7.85. The number of benzene rings is 1. The highest BCUT2D eigenvalue weighted by molar-refractivity contribution is 5.89. The van der Waals surface area contributed by atoms with E-state index in [1.165, 1.54) is 4.90 Å². The van der Waals surface area contributed by atoms with Crippen LogP contribution >= 0.6 is 0 Å². The molecule has 0 saturated heterocycles. The number of ether oxygens (including phenoxy) is 1. The number of carbonyl (C=O) groups is 3. The average molecular weight is 392 g/mol. The van der Waals surface area contributed by atoms with Crippen LogP contribution in [-0.2, 0) is 20.9 Å². The molecule has 1 aromatic carbocycles. The standard InChI is InChI=1S/C21H33N3O4/c1-14(2)12-17(20(26)28-13-16-10-8-7-9-11-16)22-21(27)23-18(15(3)4)19(25)24(5)6/h7-11,14-15,17-18H,12-13H2,1-6H3,(H2,22,23,27)/t17-,18-/m0/s1. The minimum Gasteiger partial charge on any atom is -0.459 e. The Labute approximate surface area is 167 Å². The quantitative estimate of drug-likeness (QED) is 0.633. The third-order valence-electron chi connectivity index (χ3n) is 4.18. The summed E-state index contributed by atoms with van der Waals surface area (Å²) in [6.45, 7) is 7.77. The van der Waals surface area contributed by atoms with Gasteiger partial charge in [0, 0.05) is 14.1 Å². The maximum Gasteiger partial charge on any atom is 0.329 e. The van der Waals surface area contributed by atoms with Crippen LogP contribution in [0.2, 0.25) is 0 Å². The van der Waals surface area contributed by atoms with Crippen molar-refractivity contribution in [1.82, 2.24) is 15.5 Å². The summed E-state index contributed by atoms with van der Waals surface area (Å²) in [4.78, 5) is 38.7. The molecule has 28 heavy (non-hydrogen) atoms. The van der Waals surface area contributed by atoms with Crippen molar-refractivity contribution in [2.75, 3.05) is 14.1 Å². The highest BCUT2D eigenvalue weighted by Gasteiger charge is 2.28. The fraction of sp³-hybridized carbons (Fsp3) is 0.571. The second-order valence-corrected chi connectivity index (χ2v) is 7.85. The van der Waals surface area contributed by atoms with Gasteiger partial charge in [-0.1, -0.05) is 58.0 Å². The average Bonchev–Trinajstić information content (AvgIpc) is 2.63. The maximum absolute atomic E-state index is 12.5. The van der Waals surface area contributed by atoms with E-state index >= 15 is 0 Å². The van der Waals surface area contributed by atoms with Crippen molar-refractivity contribution < 1.29 is 19.1 Å². The molecule has 0 fully saturated rings. The molecule has 7 heteroatoms. The van der Waals surface area contributed by atoms with Crippen molar-refractivity contribution in [1.29, 1.82) is 0 Å². The molecule has 0 aliphatic rings. The molecule has 0 heterocycles. The largest absolute Gasteiger partial charge is 0.459 e. The van der Waals surface area contributed by atoms with Gasteiger partial charge in [-0.2, -0.15) is 0 Å². The van der Waals surface area contributed by atoms with Crippen LogP contribution in [0.3, 0.4) is 0 Å². The zero-order valence-corrected chi connectivity index (χ0v) is 17.7. The summed E-state index contributed by atoms with van der Waals surface area (Å²) in [7, 11) is 3.28. The fourth-order valence-electron chi connectivity index (χ4n) is 2.65. The van der Waals surface area contributed by atoms with Gasteiger partial charge in [-0.05, 0) is 23.8 Å². The lowest BCUT2D eigenvalue weighted by Crippen LogP contribution is -2.55. The van der Waals surface area contributed by atoms with Gasteiger partial charge in [0.15, 0.2) is 0 Å². The summed E-state index contributed by atoms with van der Waals surface area (Å²) >= 11 is 0. The summed E-state index contributed by atoms with van der Waals surface area (Å²) in [6.07, 6.45) is 0.439. The van der Waals surface area contributed by atoms with Crippen LogP contribution in [0, 0.1) is 11.8 Å². The third-order valence-corrected chi connectivity index (χ3v) is 4.18. The number of carbonyl (C=O) groups excluding carboxylic acids is 3. The zero-order valence-electron chi connectivity index (χ0n) is 17.7. The van der Waals surface area contributed by atoms with E-state index in [-0.39, 0.29) is 24.3 Å². The molecular formula is C21H33N3O4. The predicted octanol–water partition coefficient (Wildman–Crippen LogP) is 2.56. The molecule has 2 atom stereocenters. The number of hydrogen-bond acceptors (Lipinski definition) is 4. The Balaban J connectivity index is 2.74. The Bertz CT molecular complexity index is 644. The summed E-state index contributed by atoms with van der Waals surface area (Å²) < 4.78 is 5.37. The summed E-state index contributed by atoms with van der Waals surface area (Å²) in [5, 5.41) is 5.35. The van der Waals surface area contributed by atoms with Crippen LogP contribution in [0.15, 0.2) is 30.3 Å². The second kappa shape index (κ2) is 11.3. The van der Waals surface area contributed by atoms with Gasteiger partial charge in [0.2, 0.25) is 5.91 Å². The molecule has 0 aromatic heterocycles. The van der Waals surface area contributed by atoms with Gasteiger partial charge >= 0.3 is 12.0 Å². The molecule has 0 saturated carbocycles. The summed E-state index contributed by atoms with van der Waals surface area (Å²) in [6, 6.07) is 7.34. The topological polar surface area (TPSA) is 87.7 Å². The Hall–Kier alpha value is -2.57. The van der Waals surface area contributed by atoms with Crippen LogP contribution in [0.1, 0.15) is 39.7 Å². The van der Waals surface area contributed by atoms with Gasteiger partial charge in [-0.25, -0.2) is 9.59 Å². The molecular weight excluding hydrogens is 358 g/mol. The van der Waals surface area contributed by atoms with E-state index in [4.69, 9.17) is 4.74 Å². The van der Waals surface area contributed by atoms with Crippen molar-refractivity contribution in [2.45, 2.75) is 52.8 Å². The lowest BCUT2D eigenvalue weighted by atomic mass is 10.0. The van der Waals surface area contributed by atoms with E-state index in [2.05, 4.69) is 10.6 Å². The molecule has 0 aliphatic heterocycles.